The molecule has 134 valence electrons. The predicted molar refractivity (Wildman–Crippen MR) is 99.1 cm³/mol. The van der Waals surface area contributed by atoms with Crippen LogP contribution in [0.1, 0.15) is 31.2 Å². The summed E-state index contributed by atoms with van der Waals surface area (Å²) >= 11 is 6.96. The summed E-state index contributed by atoms with van der Waals surface area (Å²) in [4.78, 5) is 31.0. The number of esters is 1. The van der Waals surface area contributed by atoms with E-state index in [1.54, 1.807) is 24.3 Å². The maximum atomic E-state index is 12.2. The van der Waals surface area contributed by atoms with Crippen LogP contribution in [0.25, 0.3) is 11.3 Å². The molecule has 1 aromatic heterocycles. The van der Waals surface area contributed by atoms with Crippen LogP contribution in [-0.4, -0.2) is 27.8 Å². The lowest BCUT2D eigenvalue weighted by Gasteiger charge is -2.11. The van der Waals surface area contributed by atoms with Gasteiger partial charge in [-0.2, -0.15) is 5.26 Å². The summed E-state index contributed by atoms with van der Waals surface area (Å²) in [6.07, 6.45) is 3.98. The van der Waals surface area contributed by atoms with Crippen LogP contribution < -0.4 is 5.56 Å². The molecule has 1 N–H and O–H groups in total. The molecule has 0 amide bonds. The van der Waals surface area contributed by atoms with E-state index in [9.17, 15) is 14.9 Å². The van der Waals surface area contributed by atoms with Gasteiger partial charge in [-0.25, -0.2) is 4.98 Å². The van der Waals surface area contributed by atoms with Crippen molar-refractivity contribution in [2.75, 3.05) is 5.75 Å². The molecule has 0 spiro atoms. The number of aromatic nitrogens is 2. The molecule has 2 aromatic rings. The molecule has 0 radical (unpaired) electrons. The average Bonchev–Trinajstić information content (AvgIpc) is 3.13. The number of nitrogens with zero attached hydrogens (tertiary/aromatic N) is 2. The zero-order chi connectivity index (χ0) is 18.5. The Bertz CT molecular complexity index is 899. The van der Waals surface area contributed by atoms with Gasteiger partial charge in [0.25, 0.3) is 5.56 Å². The molecule has 26 heavy (non-hydrogen) atoms. The molecule has 0 atom stereocenters. The van der Waals surface area contributed by atoms with Crippen LogP contribution in [0.4, 0.5) is 0 Å². The lowest BCUT2D eigenvalue weighted by Crippen LogP contribution is -2.18. The van der Waals surface area contributed by atoms with Crippen LogP contribution in [-0.2, 0) is 9.53 Å². The standard InChI is InChI=1S/C18H16ClN3O3S/c19-12-7-5-11(6-8-12)16-14(9-20)17(24)22-18(21-16)26-10-15(23)25-13-3-1-2-4-13/h5-8,13H,1-4,10H2,(H,21,22,24). The fourth-order valence-electron chi connectivity index (χ4n) is 2.79. The Kier molecular flexibility index (Phi) is 5.96. The van der Waals surface area contributed by atoms with Crippen molar-refractivity contribution in [3.8, 4) is 17.3 Å². The molecule has 3 rings (SSSR count). The van der Waals surface area contributed by atoms with Gasteiger partial charge >= 0.3 is 5.97 Å². The summed E-state index contributed by atoms with van der Waals surface area (Å²) in [6.45, 7) is 0. The van der Waals surface area contributed by atoms with E-state index in [2.05, 4.69) is 9.97 Å². The van der Waals surface area contributed by atoms with E-state index in [0.29, 0.717) is 10.6 Å². The van der Waals surface area contributed by atoms with E-state index in [4.69, 9.17) is 16.3 Å². The summed E-state index contributed by atoms with van der Waals surface area (Å²) in [6, 6.07) is 8.57. The molecule has 0 aliphatic heterocycles. The lowest BCUT2D eigenvalue weighted by atomic mass is 10.1. The summed E-state index contributed by atoms with van der Waals surface area (Å²) in [7, 11) is 0. The number of thioether (sulfide) groups is 1. The smallest absolute Gasteiger partial charge is 0.316 e. The second kappa shape index (κ2) is 8.39. The van der Waals surface area contributed by atoms with Gasteiger partial charge in [0, 0.05) is 10.6 Å². The van der Waals surface area contributed by atoms with E-state index in [-0.39, 0.29) is 34.2 Å². The van der Waals surface area contributed by atoms with Crippen molar-refractivity contribution in [3.63, 3.8) is 0 Å². The zero-order valence-electron chi connectivity index (χ0n) is 13.8. The van der Waals surface area contributed by atoms with Crippen LogP contribution >= 0.6 is 23.4 Å². The Hall–Kier alpha value is -2.30. The van der Waals surface area contributed by atoms with Crippen molar-refractivity contribution >= 4 is 29.3 Å². The minimum Gasteiger partial charge on any atom is -0.462 e. The number of aromatic amines is 1. The summed E-state index contributed by atoms with van der Waals surface area (Å²) < 4.78 is 5.39. The Labute approximate surface area is 159 Å². The van der Waals surface area contributed by atoms with E-state index < -0.39 is 5.56 Å². The van der Waals surface area contributed by atoms with Crippen molar-refractivity contribution < 1.29 is 9.53 Å². The van der Waals surface area contributed by atoms with Crippen molar-refractivity contribution in [2.24, 2.45) is 0 Å². The highest BCUT2D eigenvalue weighted by molar-refractivity contribution is 7.99. The quantitative estimate of drug-likeness (QED) is 0.477. The van der Waals surface area contributed by atoms with E-state index in [1.165, 1.54) is 0 Å². The van der Waals surface area contributed by atoms with Crippen LogP contribution in [0.3, 0.4) is 0 Å². The molecule has 0 bridgehead atoms. The number of hydrogen-bond acceptors (Lipinski definition) is 6. The number of carbonyl (C=O) groups is 1. The first-order valence-corrected chi connectivity index (χ1v) is 9.56. The first kappa shape index (κ1) is 18.5. The van der Waals surface area contributed by atoms with Gasteiger partial charge in [0.15, 0.2) is 5.16 Å². The summed E-state index contributed by atoms with van der Waals surface area (Å²) in [5, 5.41) is 10.1. The number of ether oxygens (including phenoxy) is 1. The molecular formula is C18H16ClN3O3S. The highest BCUT2D eigenvalue weighted by atomic mass is 35.5. The second-order valence-corrected chi connectivity index (χ2v) is 7.30. The third-order valence-electron chi connectivity index (χ3n) is 4.05. The third-order valence-corrected chi connectivity index (χ3v) is 5.15. The van der Waals surface area contributed by atoms with Crippen LogP contribution in [0.5, 0.6) is 0 Å². The molecule has 1 aliphatic rings. The van der Waals surface area contributed by atoms with Crippen molar-refractivity contribution in [2.45, 2.75) is 36.9 Å². The fraction of sp³-hybridized carbons (Fsp3) is 0.333. The summed E-state index contributed by atoms with van der Waals surface area (Å²) in [5.41, 5.74) is 0.247. The van der Waals surface area contributed by atoms with Crippen molar-refractivity contribution in [1.82, 2.24) is 9.97 Å². The number of hydrogen-bond donors (Lipinski definition) is 1. The van der Waals surface area contributed by atoms with Gasteiger partial charge in [-0.05, 0) is 37.8 Å². The van der Waals surface area contributed by atoms with Crippen LogP contribution in [0, 0.1) is 11.3 Å². The molecule has 8 heteroatoms. The number of carbonyl (C=O) groups excluding carboxylic acids is 1. The number of benzene rings is 1. The maximum absolute atomic E-state index is 12.2. The Balaban J connectivity index is 1.77. The van der Waals surface area contributed by atoms with Crippen molar-refractivity contribution in [3.05, 3.63) is 45.2 Å². The highest BCUT2D eigenvalue weighted by Gasteiger charge is 2.20. The monoisotopic (exact) mass is 389 g/mol. The molecule has 1 fully saturated rings. The first-order chi connectivity index (χ1) is 12.6. The van der Waals surface area contributed by atoms with Gasteiger partial charge in [-0.1, -0.05) is 35.5 Å². The van der Waals surface area contributed by atoms with Crippen LogP contribution in [0.15, 0.2) is 34.2 Å². The van der Waals surface area contributed by atoms with Crippen molar-refractivity contribution in [1.29, 1.82) is 5.26 Å². The topological polar surface area (TPSA) is 95.8 Å². The third kappa shape index (κ3) is 4.45. The fourth-order valence-corrected chi connectivity index (χ4v) is 3.56. The summed E-state index contributed by atoms with van der Waals surface area (Å²) in [5.74, 6) is -0.285. The zero-order valence-corrected chi connectivity index (χ0v) is 15.4. The average molecular weight is 390 g/mol. The Morgan fingerprint density at radius 3 is 2.69 bits per heavy atom. The number of rotatable bonds is 5. The highest BCUT2D eigenvalue weighted by Crippen LogP contribution is 2.25. The van der Waals surface area contributed by atoms with Gasteiger partial charge in [-0.3, -0.25) is 9.59 Å². The number of H-pyrrole nitrogens is 1. The minimum absolute atomic E-state index is 0.000649. The lowest BCUT2D eigenvalue weighted by molar-refractivity contribution is -0.145. The molecular weight excluding hydrogens is 374 g/mol. The number of nitriles is 1. The van der Waals surface area contributed by atoms with E-state index >= 15 is 0 Å². The van der Waals surface area contributed by atoms with Gasteiger partial charge in [0.2, 0.25) is 0 Å². The molecule has 1 aromatic carbocycles. The second-order valence-electron chi connectivity index (χ2n) is 5.90. The van der Waals surface area contributed by atoms with Gasteiger partial charge < -0.3 is 9.72 Å². The van der Waals surface area contributed by atoms with Gasteiger partial charge in [0.1, 0.15) is 17.7 Å². The van der Waals surface area contributed by atoms with E-state index in [1.807, 2.05) is 6.07 Å². The molecule has 1 aliphatic carbocycles. The first-order valence-electron chi connectivity index (χ1n) is 8.19. The van der Waals surface area contributed by atoms with Crippen LogP contribution in [0.2, 0.25) is 5.02 Å². The molecule has 1 saturated carbocycles. The minimum atomic E-state index is -0.542. The SMILES string of the molecule is N#Cc1c(-c2ccc(Cl)cc2)nc(SCC(=O)OC2CCCC2)[nH]c1=O. The molecule has 0 unspecified atom stereocenters. The maximum Gasteiger partial charge on any atom is 0.316 e. The number of nitrogens with one attached hydrogen (secondary N) is 1. The Morgan fingerprint density at radius 1 is 1.35 bits per heavy atom. The number of halogens is 1. The van der Waals surface area contributed by atoms with Gasteiger partial charge in [-0.15, -0.1) is 0 Å². The van der Waals surface area contributed by atoms with Gasteiger partial charge in [0.05, 0.1) is 11.4 Å². The molecule has 6 nitrogen and oxygen atoms in total. The Morgan fingerprint density at radius 2 is 2.04 bits per heavy atom. The molecule has 0 saturated heterocycles. The normalized spacial score (nSPS) is 14.2. The predicted octanol–water partition coefficient (Wildman–Crippen LogP) is 3.54. The molecule has 1 heterocycles. The largest absolute Gasteiger partial charge is 0.462 e. The van der Waals surface area contributed by atoms with E-state index in [0.717, 1.165) is 37.4 Å².